The van der Waals surface area contributed by atoms with E-state index in [4.69, 9.17) is 23.7 Å². The van der Waals surface area contributed by atoms with Crippen LogP contribution >= 0.6 is 0 Å². The number of fused-ring (bicyclic) bond motifs is 3. The summed E-state index contributed by atoms with van der Waals surface area (Å²) >= 11 is 0. The van der Waals surface area contributed by atoms with Crippen LogP contribution in [0.25, 0.3) is 6.08 Å². The third-order valence-corrected chi connectivity index (χ3v) is 6.81. The molecule has 2 aliphatic heterocycles. The molecule has 0 amide bonds. The Bertz CT molecular complexity index is 1420. The van der Waals surface area contributed by atoms with E-state index < -0.39 is 0 Å². The molecule has 7 nitrogen and oxygen atoms in total. The van der Waals surface area contributed by atoms with Crippen LogP contribution in [0, 0.1) is 0 Å². The molecule has 0 fully saturated rings. The van der Waals surface area contributed by atoms with E-state index >= 15 is 0 Å². The van der Waals surface area contributed by atoms with Gasteiger partial charge in [0.05, 0.1) is 33.3 Å². The Balaban J connectivity index is 1.58. The standard InChI is InChI=1S/C30H28O7/c1-16(2)17-6-8-18(9-7-17)21-14-27(31)36-22-11-10-20-29(32)26(37-30(20)28(21)22)13-19-12-24(34-4)25(35-5)15-23(19)33-3/h6-13,15-16,21H,14H2,1-5H3/b26-13+/t21-/m1/s1. The van der Waals surface area contributed by atoms with Crippen molar-refractivity contribution in [2.75, 3.05) is 21.3 Å². The van der Waals surface area contributed by atoms with Crippen molar-refractivity contribution in [1.82, 2.24) is 0 Å². The predicted octanol–water partition coefficient (Wildman–Crippen LogP) is 5.89. The lowest BCUT2D eigenvalue weighted by Gasteiger charge is -2.26. The molecule has 3 aromatic carbocycles. The van der Waals surface area contributed by atoms with Gasteiger partial charge in [0.2, 0.25) is 5.78 Å². The number of allylic oxidation sites excluding steroid dienone is 1. The van der Waals surface area contributed by atoms with Gasteiger partial charge in [0.25, 0.3) is 0 Å². The van der Waals surface area contributed by atoms with Gasteiger partial charge >= 0.3 is 5.97 Å². The molecule has 0 N–H and O–H groups in total. The van der Waals surface area contributed by atoms with E-state index in [0.29, 0.717) is 51.4 Å². The lowest BCUT2D eigenvalue weighted by molar-refractivity contribution is -0.135. The molecule has 190 valence electrons. The number of Topliss-reactive ketones (excluding diaryl/α,β-unsaturated/α-hetero) is 1. The van der Waals surface area contributed by atoms with Gasteiger partial charge in [0, 0.05) is 23.1 Å². The van der Waals surface area contributed by atoms with Crippen LogP contribution in [0.15, 0.2) is 54.3 Å². The lowest BCUT2D eigenvalue weighted by atomic mass is 9.84. The van der Waals surface area contributed by atoms with Crippen LogP contribution in [0.4, 0.5) is 0 Å². The van der Waals surface area contributed by atoms with E-state index in [1.807, 2.05) is 12.1 Å². The zero-order valence-corrected chi connectivity index (χ0v) is 21.4. The highest BCUT2D eigenvalue weighted by atomic mass is 16.5. The van der Waals surface area contributed by atoms with Crippen LogP contribution in [0.2, 0.25) is 0 Å². The fraction of sp³-hybridized carbons (Fsp3) is 0.267. The second kappa shape index (κ2) is 9.65. The average Bonchev–Trinajstić information content (AvgIpc) is 3.22. The summed E-state index contributed by atoms with van der Waals surface area (Å²) in [5.41, 5.74) is 3.89. The third kappa shape index (κ3) is 4.31. The first-order valence-electron chi connectivity index (χ1n) is 12.1. The number of benzene rings is 3. The number of hydrogen-bond donors (Lipinski definition) is 0. The molecule has 3 aromatic rings. The van der Waals surface area contributed by atoms with E-state index in [0.717, 1.165) is 5.56 Å². The van der Waals surface area contributed by atoms with Gasteiger partial charge in [-0.2, -0.15) is 0 Å². The Kier molecular flexibility index (Phi) is 6.38. The van der Waals surface area contributed by atoms with Gasteiger partial charge in [-0.25, -0.2) is 0 Å². The van der Waals surface area contributed by atoms with Crippen molar-refractivity contribution >= 4 is 17.8 Å². The highest BCUT2D eigenvalue weighted by Gasteiger charge is 2.38. The van der Waals surface area contributed by atoms with Gasteiger partial charge in [-0.05, 0) is 41.3 Å². The second-order valence-corrected chi connectivity index (χ2v) is 9.30. The van der Waals surface area contributed by atoms with Crippen molar-refractivity contribution in [3.63, 3.8) is 0 Å². The first-order chi connectivity index (χ1) is 17.8. The first kappa shape index (κ1) is 24.4. The number of carbonyl (C=O) groups is 2. The second-order valence-electron chi connectivity index (χ2n) is 9.30. The largest absolute Gasteiger partial charge is 0.496 e. The molecule has 0 bridgehead atoms. The Morgan fingerprint density at radius 1 is 0.865 bits per heavy atom. The van der Waals surface area contributed by atoms with E-state index in [2.05, 4.69) is 26.0 Å². The number of esters is 1. The molecule has 0 unspecified atom stereocenters. The van der Waals surface area contributed by atoms with Gasteiger partial charge < -0.3 is 23.7 Å². The fourth-order valence-corrected chi connectivity index (χ4v) is 4.81. The number of methoxy groups -OCH3 is 3. The summed E-state index contributed by atoms with van der Waals surface area (Å²) in [7, 11) is 4.61. The van der Waals surface area contributed by atoms with Crippen LogP contribution in [0.1, 0.15) is 64.7 Å². The number of hydrogen-bond acceptors (Lipinski definition) is 7. The van der Waals surface area contributed by atoms with Crippen LogP contribution < -0.4 is 23.7 Å². The van der Waals surface area contributed by atoms with Crippen LogP contribution in [0.3, 0.4) is 0 Å². The summed E-state index contributed by atoms with van der Waals surface area (Å²) in [6.45, 7) is 4.27. The maximum atomic E-state index is 13.4. The molecule has 0 saturated heterocycles. The molecular weight excluding hydrogens is 472 g/mol. The average molecular weight is 501 g/mol. The maximum Gasteiger partial charge on any atom is 0.312 e. The molecule has 1 atom stereocenters. The molecule has 2 aliphatic rings. The zero-order chi connectivity index (χ0) is 26.3. The van der Waals surface area contributed by atoms with Crippen LogP contribution in [-0.2, 0) is 4.79 Å². The smallest absolute Gasteiger partial charge is 0.312 e. The van der Waals surface area contributed by atoms with E-state index in [1.54, 1.807) is 37.5 Å². The summed E-state index contributed by atoms with van der Waals surface area (Å²) in [6.07, 6.45) is 1.78. The maximum absolute atomic E-state index is 13.4. The quantitative estimate of drug-likeness (QED) is 0.237. The Morgan fingerprint density at radius 2 is 1.54 bits per heavy atom. The normalized spacial score (nSPS) is 17.2. The molecule has 0 spiro atoms. The molecule has 0 saturated carbocycles. The predicted molar refractivity (Wildman–Crippen MR) is 138 cm³/mol. The minimum Gasteiger partial charge on any atom is -0.496 e. The molecule has 0 radical (unpaired) electrons. The summed E-state index contributed by atoms with van der Waals surface area (Å²) in [5, 5.41) is 0. The highest BCUT2D eigenvalue weighted by molar-refractivity contribution is 6.15. The number of carbonyl (C=O) groups excluding carboxylic acids is 2. The minimum atomic E-state index is -0.319. The third-order valence-electron chi connectivity index (χ3n) is 6.81. The van der Waals surface area contributed by atoms with Crippen molar-refractivity contribution in [2.45, 2.75) is 32.1 Å². The molecule has 2 heterocycles. The number of rotatable bonds is 6. The SMILES string of the molecule is COc1cc(OC)c(OC)cc1/C=C1/Oc2c(ccc3c2[C@@H](c2ccc(C(C)C)cc2)CC(=O)O3)C1=O. The van der Waals surface area contributed by atoms with Crippen LogP contribution in [-0.4, -0.2) is 33.1 Å². The van der Waals surface area contributed by atoms with Crippen molar-refractivity contribution in [3.05, 3.63) is 82.1 Å². The Hall–Kier alpha value is -4.26. The van der Waals surface area contributed by atoms with E-state index in [1.165, 1.54) is 19.8 Å². The fourth-order valence-electron chi connectivity index (χ4n) is 4.81. The summed E-state index contributed by atoms with van der Waals surface area (Å²) < 4.78 is 28.0. The lowest BCUT2D eigenvalue weighted by Crippen LogP contribution is -2.21. The van der Waals surface area contributed by atoms with Gasteiger partial charge in [-0.15, -0.1) is 0 Å². The summed E-state index contributed by atoms with van der Waals surface area (Å²) in [4.78, 5) is 25.9. The zero-order valence-electron chi connectivity index (χ0n) is 21.4. The molecule has 5 rings (SSSR count). The first-order valence-corrected chi connectivity index (χ1v) is 12.1. The number of ketones is 1. The van der Waals surface area contributed by atoms with Gasteiger partial charge in [-0.1, -0.05) is 38.1 Å². The van der Waals surface area contributed by atoms with Gasteiger partial charge in [0.15, 0.2) is 17.3 Å². The summed E-state index contributed by atoms with van der Waals surface area (Å²) in [5.74, 6) is 1.97. The van der Waals surface area contributed by atoms with Gasteiger partial charge in [0.1, 0.15) is 17.2 Å². The molecule has 0 aliphatic carbocycles. The van der Waals surface area contributed by atoms with Crippen LogP contribution in [0.5, 0.6) is 28.7 Å². The number of ether oxygens (including phenoxy) is 5. The van der Waals surface area contributed by atoms with Crippen molar-refractivity contribution in [1.29, 1.82) is 0 Å². The van der Waals surface area contributed by atoms with Crippen molar-refractivity contribution in [3.8, 4) is 28.7 Å². The highest BCUT2D eigenvalue weighted by Crippen LogP contribution is 2.49. The van der Waals surface area contributed by atoms with E-state index in [-0.39, 0.29) is 29.9 Å². The molecular formula is C30H28O7. The molecule has 37 heavy (non-hydrogen) atoms. The Labute approximate surface area is 215 Å². The molecule has 7 heteroatoms. The van der Waals surface area contributed by atoms with Crippen molar-refractivity contribution in [2.24, 2.45) is 0 Å². The summed E-state index contributed by atoms with van der Waals surface area (Å²) in [6, 6.07) is 14.9. The molecule has 0 aromatic heterocycles. The van der Waals surface area contributed by atoms with E-state index in [9.17, 15) is 9.59 Å². The van der Waals surface area contributed by atoms with Gasteiger partial charge in [-0.3, -0.25) is 9.59 Å². The minimum absolute atomic E-state index is 0.139. The topological polar surface area (TPSA) is 80.3 Å². The Morgan fingerprint density at radius 3 is 2.19 bits per heavy atom. The van der Waals surface area contributed by atoms with Crippen molar-refractivity contribution < 1.29 is 33.3 Å². The monoisotopic (exact) mass is 500 g/mol.